The maximum Gasteiger partial charge on any atom is 0.303 e. The summed E-state index contributed by atoms with van der Waals surface area (Å²) in [6, 6.07) is 9.43. The molecule has 0 saturated carbocycles. The van der Waals surface area contributed by atoms with Crippen molar-refractivity contribution in [1.29, 1.82) is 0 Å². The predicted octanol–water partition coefficient (Wildman–Crippen LogP) is 1.37. The lowest BCUT2D eigenvalue weighted by molar-refractivity contribution is -0.138. The number of carbonyl (C=O) groups excluding carboxylic acids is 2. The standard InChI is InChI=1S/C15H17NO4/c1-15(9-10-5-3-2-4-6-10)11(7-8-12(17)18)13(19)16-14(15)20/h2-6,11H,7-9H2,1H3,(H,17,18)(H,16,19,20)/t11-,15+/m1/s1. The Morgan fingerprint density at radius 1 is 1.30 bits per heavy atom. The lowest BCUT2D eigenvalue weighted by Gasteiger charge is -2.26. The highest BCUT2D eigenvalue weighted by Gasteiger charge is 2.51. The van der Waals surface area contributed by atoms with Crippen molar-refractivity contribution < 1.29 is 19.5 Å². The Bertz CT molecular complexity index is 540. The van der Waals surface area contributed by atoms with Crippen molar-refractivity contribution in [1.82, 2.24) is 5.32 Å². The molecule has 0 aromatic heterocycles. The maximum atomic E-state index is 12.1. The number of hydrogen-bond donors (Lipinski definition) is 2. The first-order valence-corrected chi connectivity index (χ1v) is 6.54. The zero-order chi connectivity index (χ0) is 14.8. The van der Waals surface area contributed by atoms with Crippen LogP contribution < -0.4 is 5.32 Å². The van der Waals surface area contributed by atoms with E-state index in [9.17, 15) is 14.4 Å². The second-order valence-electron chi connectivity index (χ2n) is 5.38. The fourth-order valence-corrected chi connectivity index (χ4v) is 2.73. The van der Waals surface area contributed by atoms with Gasteiger partial charge in [-0.1, -0.05) is 30.3 Å². The molecule has 2 N–H and O–H groups in total. The molecule has 1 fully saturated rings. The van der Waals surface area contributed by atoms with Crippen LogP contribution in [0.3, 0.4) is 0 Å². The number of aliphatic carboxylic acids is 1. The van der Waals surface area contributed by atoms with Gasteiger partial charge < -0.3 is 5.11 Å². The van der Waals surface area contributed by atoms with Crippen LogP contribution in [0.4, 0.5) is 0 Å². The molecule has 1 aliphatic heterocycles. The Morgan fingerprint density at radius 3 is 2.55 bits per heavy atom. The molecular formula is C15H17NO4. The van der Waals surface area contributed by atoms with E-state index in [4.69, 9.17) is 5.11 Å². The first-order valence-electron chi connectivity index (χ1n) is 6.54. The molecule has 20 heavy (non-hydrogen) atoms. The van der Waals surface area contributed by atoms with E-state index >= 15 is 0 Å². The van der Waals surface area contributed by atoms with E-state index in [0.717, 1.165) is 5.56 Å². The zero-order valence-electron chi connectivity index (χ0n) is 11.3. The SMILES string of the molecule is C[C@@]1(Cc2ccccc2)C(=O)NC(=O)[C@H]1CCC(=O)O. The summed E-state index contributed by atoms with van der Waals surface area (Å²) in [6.45, 7) is 1.73. The van der Waals surface area contributed by atoms with Gasteiger partial charge in [-0.3, -0.25) is 19.7 Å². The van der Waals surface area contributed by atoms with Crippen LogP contribution in [-0.4, -0.2) is 22.9 Å². The summed E-state index contributed by atoms with van der Waals surface area (Å²) in [6.07, 6.45) is 0.488. The van der Waals surface area contributed by atoms with Crippen LogP contribution in [0, 0.1) is 11.3 Å². The van der Waals surface area contributed by atoms with Crippen molar-refractivity contribution in [2.75, 3.05) is 0 Å². The van der Waals surface area contributed by atoms with Crippen LogP contribution in [0.2, 0.25) is 0 Å². The molecule has 106 valence electrons. The Morgan fingerprint density at radius 2 is 1.95 bits per heavy atom. The van der Waals surface area contributed by atoms with Crippen molar-refractivity contribution in [2.45, 2.75) is 26.2 Å². The van der Waals surface area contributed by atoms with Crippen molar-refractivity contribution in [3.8, 4) is 0 Å². The monoisotopic (exact) mass is 275 g/mol. The highest BCUT2D eigenvalue weighted by atomic mass is 16.4. The molecule has 1 aliphatic rings. The van der Waals surface area contributed by atoms with Gasteiger partial charge in [0.15, 0.2) is 0 Å². The highest BCUT2D eigenvalue weighted by molar-refractivity contribution is 6.07. The molecule has 1 aromatic carbocycles. The zero-order valence-corrected chi connectivity index (χ0v) is 11.3. The number of carbonyl (C=O) groups is 3. The smallest absolute Gasteiger partial charge is 0.303 e. The van der Waals surface area contributed by atoms with Gasteiger partial charge in [0.1, 0.15) is 0 Å². The molecule has 1 heterocycles. The Balaban J connectivity index is 2.22. The second-order valence-corrected chi connectivity index (χ2v) is 5.38. The average Bonchev–Trinajstić information content (AvgIpc) is 2.59. The van der Waals surface area contributed by atoms with Crippen molar-refractivity contribution in [3.05, 3.63) is 35.9 Å². The molecule has 2 rings (SSSR count). The molecule has 0 unspecified atom stereocenters. The molecule has 0 radical (unpaired) electrons. The van der Waals surface area contributed by atoms with Crippen molar-refractivity contribution >= 4 is 17.8 Å². The molecule has 5 heteroatoms. The third-order valence-electron chi connectivity index (χ3n) is 3.90. The van der Waals surface area contributed by atoms with Gasteiger partial charge >= 0.3 is 5.97 Å². The van der Waals surface area contributed by atoms with Gasteiger partial charge in [0, 0.05) is 6.42 Å². The molecule has 0 aliphatic carbocycles. The molecule has 1 aromatic rings. The summed E-state index contributed by atoms with van der Waals surface area (Å²) in [5, 5.41) is 11.1. The predicted molar refractivity (Wildman–Crippen MR) is 71.8 cm³/mol. The summed E-state index contributed by atoms with van der Waals surface area (Å²) in [5.74, 6) is -2.23. The van der Waals surface area contributed by atoms with Gasteiger partial charge in [0.25, 0.3) is 0 Å². The van der Waals surface area contributed by atoms with Gasteiger partial charge in [0.2, 0.25) is 11.8 Å². The summed E-state index contributed by atoms with van der Waals surface area (Å²) < 4.78 is 0. The van der Waals surface area contributed by atoms with E-state index in [1.54, 1.807) is 6.92 Å². The van der Waals surface area contributed by atoms with E-state index in [-0.39, 0.29) is 24.7 Å². The fraction of sp³-hybridized carbons (Fsp3) is 0.400. The minimum Gasteiger partial charge on any atom is -0.481 e. The normalized spacial score (nSPS) is 25.6. The Kier molecular flexibility index (Phi) is 3.88. The lowest BCUT2D eigenvalue weighted by Crippen LogP contribution is -2.34. The minimum atomic E-state index is -0.959. The lowest BCUT2D eigenvalue weighted by atomic mass is 9.72. The number of carboxylic acids is 1. The van der Waals surface area contributed by atoms with Gasteiger partial charge in [-0.05, 0) is 25.3 Å². The number of nitrogens with one attached hydrogen (secondary N) is 1. The van der Waals surface area contributed by atoms with E-state index < -0.39 is 17.3 Å². The van der Waals surface area contributed by atoms with Gasteiger partial charge in [-0.25, -0.2) is 0 Å². The van der Waals surface area contributed by atoms with Gasteiger partial charge in [-0.15, -0.1) is 0 Å². The number of imide groups is 1. The molecule has 0 spiro atoms. The summed E-state index contributed by atoms with van der Waals surface area (Å²) in [5.41, 5.74) is 0.0774. The minimum absolute atomic E-state index is 0.115. The summed E-state index contributed by atoms with van der Waals surface area (Å²) in [4.78, 5) is 34.7. The quantitative estimate of drug-likeness (QED) is 0.795. The number of benzene rings is 1. The molecule has 1 saturated heterocycles. The van der Waals surface area contributed by atoms with E-state index in [0.29, 0.717) is 6.42 Å². The van der Waals surface area contributed by atoms with Crippen molar-refractivity contribution in [2.24, 2.45) is 11.3 Å². The number of amides is 2. The molecule has 2 atom stereocenters. The molecule has 5 nitrogen and oxygen atoms in total. The van der Waals surface area contributed by atoms with E-state index in [2.05, 4.69) is 5.32 Å². The van der Waals surface area contributed by atoms with E-state index in [1.807, 2.05) is 30.3 Å². The number of carboxylic acid groups (broad SMARTS) is 1. The topological polar surface area (TPSA) is 83.5 Å². The third-order valence-corrected chi connectivity index (χ3v) is 3.90. The van der Waals surface area contributed by atoms with Crippen LogP contribution in [-0.2, 0) is 20.8 Å². The van der Waals surface area contributed by atoms with Crippen LogP contribution in [0.5, 0.6) is 0 Å². The van der Waals surface area contributed by atoms with Gasteiger partial charge in [0.05, 0.1) is 11.3 Å². The van der Waals surface area contributed by atoms with E-state index in [1.165, 1.54) is 0 Å². The fourth-order valence-electron chi connectivity index (χ4n) is 2.73. The summed E-state index contributed by atoms with van der Waals surface area (Å²) >= 11 is 0. The number of hydrogen-bond acceptors (Lipinski definition) is 3. The first-order chi connectivity index (χ1) is 9.43. The number of rotatable bonds is 5. The van der Waals surface area contributed by atoms with Crippen molar-refractivity contribution in [3.63, 3.8) is 0 Å². The van der Waals surface area contributed by atoms with Gasteiger partial charge in [-0.2, -0.15) is 0 Å². The first kappa shape index (κ1) is 14.2. The maximum absolute atomic E-state index is 12.1. The summed E-state index contributed by atoms with van der Waals surface area (Å²) in [7, 11) is 0. The Labute approximate surface area is 117 Å². The second kappa shape index (κ2) is 5.45. The molecular weight excluding hydrogens is 258 g/mol. The van der Waals surface area contributed by atoms with Crippen LogP contribution in [0.1, 0.15) is 25.3 Å². The van der Waals surface area contributed by atoms with Crippen LogP contribution in [0.25, 0.3) is 0 Å². The van der Waals surface area contributed by atoms with Crippen LogP contribution in [0.15, 0.2) is 30.3 Å². The van der Waals surface area contributed by atoms with Crippen LogP contribution >= 0.6 is 0 Å². The third kappa shape index (κ3) is 2.71. The highest BCUT2D eigenvalue weighted by Crippen LogP contribution is 2.39. The largest absolute Gasteiger partial charge is 0.481 e. The Hall–Kier alpha value is -2.17. The average molecular weight is 275 g/mol. The molecule has 2 amide bonds. The molecule has 0 bridgehead atoms.